The van der Waals surface area contributed by atoms with Gasteiger partial charge in [-0.3, -0.25) is 0 Å². The molecular weight excluding hydrogens is 198 g/mol. The molecule has 2 heteroatoms. The van der Waals surface area contributed by atoms with Gasteiger partial charge in [0, 0.05) is 18.6 Å². The second kappa shape index (κ2) is 5.46. The Bertz CT molecular complexity index is 320. The fourth-order valence-electron chi connectivity index (χ4n) is 2.40. The largest absolute Gasteiger partial charge is 0.381 e. The van der Waals surface area contributed by atoms with Crippen LogP contribution < -0.4 is 5.32 Å². The Hall–Kier alpha value is -0.860. The van der Waals surface area contributed by atoms with Crippen molar-refractivity contribution in [2.24, 2.45) is 5.92 Å². The maximum atomic E-state index is 5.57. The summed E-state index contributed by atoms with van der Waals surface area (Å²) < 4.78 is 5.57. The first-order chi connectivity index (χ1) is 7.79. The first kappa shape index (κ1) is 11.6. The van der Waals surface area contributed by atoms with Gasteiger partial charge in [0.25, 0.3) is 0 Å². The molecule has 0 bridgehead atoms. The number of ether oxygens (including phenoxy) is 1. The average Bonchev–Trinajstić information content (AvgIpc) is 2.33. The predicted molar refractivity (Wildman–Crippen MR) is 66.7 cm³/mol. The molecule has 1 aromatic rings. The Morgan fingerprint density at radius 1 is 1.31 bits per heavy atom. The molecule has 1 fully saturated rings. The lowest BCUT2D eigenvalue weighted by molar-refractivity contribution is 0.0342. The van der Waals surface area contributed by atoms with Gasteiger partial charge >= 0.3 is 0 Å². The van der Waals surface area contributed by atoms with Gasteiger partial charge in [-0.15, -0.1) is 0 Å². The van der Waals surface area contributed by atoms with Crippen LogP contribution in [0.2, 0.25) is 0 Å². The van der Waals surface area contributed by atoms with Crippen molar-refractivity contribution in [3.63, 3.8) is 0 Å². The first-order valence-corrected chi connectivity index (χ1v) is 6.10. The quantitative estimate of drug-likeness (QED) is 0.841. The molecular formula is C14H21NO. The summed E-state index contributed by atoms with van der Waals surface area (Å²) in [5, 5.41) is 3.41. The van der Waals surface area contributed by atoms with Gasteiger partial charge in [0.2, 0.25) is 0 Å². The van der Waals surface area contributed by atoms with Crippen LogP contribution in [0.3, 0.4) is 0 Å². The second-order valence-electron chi connectivity index (χ2n) is 4.71. The summed E-state index contributed by atoms with van der Waals surface area (Å²) in [5.74, 6) is 0.612. The molecule has 1 aliphatic rings. The summed E-state index contributed by atoms with van der Waals surface area (Å²) in [5.41, 5.74) is 2.75. The van der Waals surface area contributed by atoms with Crippen LogP contribution in [0.25, 0.3) is 0 Å². The van der Waals surface area contributed by atoms with Gasteiger partial charge in [-0.2, -0.15) is 0 Å². The number of hydrogen-bond donors (Lipinski definition) is 1. The second-order valence-corrected chi connectivity index (χ2v) is 4.71. The molecule has 1 saturated heterocycles. The summed E-state index contributed by atoms with van der Waals surface area (Å²) >= 11 is 0. The predicted octanol–water partition coefficient (Wildman–Crippen LogP) is 2.16. The van der Waals surface area contributed by atoms with E-state index in [1.165, 1.54) is 11.1 Å². The molecule has 0 amide bonds. The molecule has 2 atom stereocenters. The van der Waals surface area contributed by atoms with E-state index in [-0.39, 0.29) is 0 Å². The molecule has 0 radical (unpaired) electrons. The number of nitrogens with one attached hydrogen (secondary N) is 1. The minimum Gasteiger partial charge on any atom is -0.381 e. The molecule has 0 aliphatic carbocycles. The normalized spacial score (nSPS) is 25.6. The molecule has 1 heterocycles. The number of aryl methyl sites for hydroxylation is 1. The Morgan fingerprint density at radius 3 is 2.75 bits per heavy atom. The molecule has 0 saturated carbocycles. The summed E-state index contributed by atoms with van der Waals surface area (Å²) in [4.78, 5) is 0. The van der Waals surface area contributed by atoms with E-state index in [2.05, 4.69) is 43.6 Å². The molecule has 2 rings (SSSR count). The highest BCUT2D eigenvalue weighted by molar-refractivity contribution is 5.22. The third-order valence-electron chi connectivity index (χ3n) is 3.46. The Morgan fingerprint density at radius 2 is 2.06 bits per heavy atom. The monoisotopic (exact) mass is 219 g/mol. The van der Waals surface area contributed by atoms with Crippen LogP contribution in [0.1, 0.15) is 17.5 Å². The zero-order chi connectivity index (χ0) is 11.4. The third kappa shape index (κ3) is 2.83. The van der Waals surface area contributed by atoms with E-state index in [1.807, 2.05) is 0 Å². The van der Waals surface area contributed by atoms with Crippen molar-refractivity contribution in [2.75, 3.05) is 20.3 Å². The lowest BCUT2D eigenvalue weighted by Crippen LogP contribution is -2.41. The lowest BCUT2D eigenvalue weighted by atomic mass is 9.89. The van der Waals surface area contributed by atoms with Crippen LogP contribution in [0.4, 0.5) is 0 Å². The van der Waals surface area contributed by atoms with Crippen molar-refractivity contribution >= 4 is 0 Å². The van der Waals surface area contributed by atoms with Gasteiger partial charge in [-0.1, -0.05) is 29.8 Å². The standard InChI is InChI=1S/C14H21NO/c1-11-3-5-12(6-4-11)9-13-10-16-8-7-14(13)15-2/h3-6,13-15H,7-10H2,1-2H3. The number of rotatable bonds is 3. The maximum absolute atomic E-state index is 5.57. The molecule has 0 aromatic heterocycles. The van der Waals surface area contributed by atoms with Gasteiger partial charge in [-0.25, -0.2) is 0 Å². The van der Waals surface area contributed by atoms with Crippen molar-refractivity contribution in [3.8, 4) is 0 Å². The van der Waals surface area contributed by atoms with E-state index >= 15 is 0 Å². The van der Waals surface area contributed by atoms with Crippen molar-refractivity contribution in [1.29, 1.82) is 0 Å². The highest BCUT2D eigenvalue weighted by atomic mass is 16.5. The Balaban J connectivity index is 1.99. The molecule has 1 aliphatic heterocycles. The van der Waals surface area contributed by atoms with Crippen LogP contribution in [-0.4, -0.2) is 26.3 Å². The lowest BCUT2D eigenvalue weighted by Gasteiger charge is -2.31. The molecule has 0 spiro atoms. The molecule has 88 valence electrons. The fraction of sp³-hybridized carbons (Fsp3) is 0.571. The van der Waals surface area contributed by atoms with Crippen LogP contribution in [0.5, 0.6) is 0 Å². The molecule has 1 N–H and O–H groups in total. The summed E-state index contributed by atoms with van der Waals surface area (Å²) in [6.45, 7) is 3.92. The van der Waals surface area contributed by atoms with Crippen molar-refractivity contribution < 1.29 is 4.74 Å². The minimum absolute atomic E-state index is 0.607. The first-order valence-electron chi connectivity index (χ1n) is 6.10. The highest BCUT2D eigenvalue weighted by Crippen LogP contribution is 2.19. The molecule has 2 unspecified atom stereocenters. The Labute approximate surface area is 98.0 Å². The van der Waals surface area contributed by atoms with Gasteiger partial charge in [0.15, 0.2) is 0 Å². The van der Waals surface area contributed by atoms with Crippen molar-refractivity contribution in [3.05, 3.63) is 35.4 Å². The third-order valence-corrected chi connectivity index (χ3v) is 3.46. The Kier molecular flexibility index (Phi) is 3.97. The molecule has 16 heavy (non-hydrogen) atoms. The van der Waals surface area contributed by atoms with Crippen LogP contribution in [0, 0.1) is 12.8 Å². The smallest absolute Gasteiger partial charge is 0.0512 e. The SMILES string of the molecule is CNC1CCOCC1Cc1ccc(C)cc1. The average molecular weight is 219 g/mol. The number of benzene rings is 1. The van der Waals surface area contributed by atoms with E-state index in [1.54, 1.807) is 0 Å². The summed E-state index contributed by atoms with van der Waals surface area (Å²) in [7, 11) is 2.05. The van der Waals surface area contributed by atoms with Gasteiger partial charge in [0.1, 0.15) is 0 Å². The van der Waals surface area contributed by atoms with E-state index in [4.69, 9.17) is 4.74 Å². The summed E-state index contributed by atoms with van der Waals surface area (Å²) in [6.07, 6.45) is 2.25. The maximum Gasteiger partial charge on any atom is 0.0512 e. The van der Waals surface area contributed by atoms with Crippen molar-refractivity contribution in [2.45, 2.75) is 25.8 Å². The van der Waals surface area contributed by atoms with Crippen LogP contribution >= 0.6 is 0 Å². The fourth-order valence-corrected chi connectivity index (χ4v) is 2.40. The molecule has 2 nitrogen and oxygen atoms in total. The van der Waals surface area contributed by atoms with Gasteiger partial charge < -0.3 is 10.1 Å². The molecule has 1 aromatic carbocycles. The van der Waals surface area contributed by atoms with E-state index in [9.17, 15) is 0 Å². The van der Waals surface area contributed by atoms with E-state index < -0.39 is 0 Å². The highest BCUT2D eigenvalue weighted by Gasteiger charge is 2.24. The van der Waals surface area contributed by atoms with E-state index in [0.717, 1.165) is 26.1 Å². The minimum atomic E-state index is 0.607. The zero-order valence-electron chi connectivity index (χ0n) is 10.2. The zero-order valence-corrected chi connectivity index (χ0v) is 10.2. The van der Waals surface area contributed by atoms with Crippen LogP contribution in [-0.2, 0) is 11.2 Å². The summed E-state index contributed by atoms with van der Waals surface area (Å²) in [6, 6.07) is 9.45. The van der Waals surface area contributed by atoms with Gasteiger partial charge in [-0.05, 0) is 32.4 Å². The topological polar surface area (TPSA) is 21.3 Å². The van der Waals surface area contributed by atoms with Gasteiger partial charge in [0.05, 0.1) is 6.61 Å². The van der Waals surface area contributed by atoms with Crippen molar-refractivity contribution in [1.82, 2.24) is 5.32 Å². The van der Waals surface area contributed by atoms with Crippen LogP contribution in [0.15, 0.2) is 24.3 Å². The number of hydrogen-bond acceptors (Lipinski definition) is 2. The van der Waals surface area contributed by atoms with E-state index in [0.29, 0.717) is 12.0 Å².